The molecule has 2 aromatic carbocycles. The molecule has 2 rings (SSSR count). The number of halogens is 2. The molecule has 0 fully saturated rings. The van der Waals surface area contributed by atoms with Crippen molar-refractivity contribution in [2.75, 3.05) is 20.3 Å². The smallest absolute Gasteiger partial charge is 0.342 e. The molecule has 0 aliphatic rings. The summed E-state index contributed by atoms with van der Waals surface area (Å²) < 4.78 is 10.1. The van der Waals surface area contributed by atoms with E-state index in [4.69, 9.17) is 32.7 Å². The Balaban J connectivity index is 1.77. The molecule has 1 amide bonds. The molecular formula is C18H17Cl2NO4. The van der Waals surface area contributed by atoms with Gasteiger partial charge < -0.3 is 14.8 Å². The Kier molecular flexibility index (Phi) is 7.10. The fourth-order valence-corrected chi connectivity index (χ4v) is 2.38. The van der Waals surface area contributed by atoms with E-state index < -0.39 is 5.97 Å². The highest BCUT2D eigenvalue weighted by atomic mass is 35.5. The number of nitrogens with one attached hydrogen (secondary N) is 1. The predicted molar refractivity (Wildman–Crippen MR) is 96.5 cm³/mol. The van der Waals surface area contributed by atoms with Crippen molar-refractivity contribution in [2.24, 2.45) is 0 Å². The summed E-state index contributed by atoms with van der Waals surface area (Å²) in [5, 5.41) is 3.79. The van der Waals surface area contributed by atoms with Crippen LogP contribution in [-0.4, -0.2) is 32.1 Å². The van der Waals surface area contributed by atoms with Crippen LogP contribution in [0.3, 0.4) is 0 Å². The minimum Gasteiger partial charge on any atom is -0.496 e. The van der Waals surface area contributed by atoms with E-state index in [1.165, 1.54) is 19.2 Å². The molecule has 0 aliphatic carbocycles. The molecule has 5 nitrogen and oxygen atoms in total. The second-order valence-electron chi connectivity index (χ2n) is 5.15. The Bertz CT molecular complexity index is 747. The van der Waals surface area contributed by atoms with E-state index in [2.05, 4.69) is 5.32 Å². The van der Waals surface area contributed by atoms with Gasteiger partial charge in [0.05, 0.1) is 7.11 Å². The molecule has 0 aliphatic heterocycles. The zero-order valence-corrected chi connectivity index (χ0v) is 15.1. The van der Waals surface area contributed by atoms with Gasteiger partial charge in [0.25, 0.3) is 5.91 Å². The van der Waals surface area contributed by atoms with Crippen LogP contribution in [-0.2, 0) is 16.0 Å². The van der Waals surface area contributed by atoms with Gasteiger partial charge in [0, 0.05) is 16.6 Å². The Morgan fingerprint density at radius 3 is 2.40 bits per heavy atom. The molecule has 132 valence electrons. The largest absolute Gasteiger partial charge is 0.496 e. The monoisotopic (exact) mass is 381 g/mol. The fourth-order valence-electron chi connectivity index (χ4n) is 2.09. The summed E-state index contributed by atoms with van der Waals surface area (Å²) in [5.74, 6) is -0.739. The van der Waals surface area contributed by atoms with Gasteiger partial charge in [-0.25, -0.2) is 4.79 Å². The molecule has 0 radical (unpaired) electrons. The summed E-state index contributed by atoms with van der Waals surface area (Å²) in [4.78, 5) is 23.8. The van der Waals surface area contributed by atoms with Crippen molar-refractivity contribution in [1.29, 1.82) is 0 Å². The van der Waals surface area contributed by atoms with Crippen molar-refractivity contribution in [3.05, 3.63) is 63.6 Å². The predicted octanol–water partition coefficient (Wildman–Crippen LogP) is 3.52. The van der Waals surface area contributed by atoms with Crippen molar-refractivity contribution < 1.29 is 19.1 Å². The number of esters is 1. The first kappa shape index (κ1) is 19.1. The van der Waals surface area contributed by atoms with Crippen LogP contribution in [0.2, 0.25) is 10.0 Å². The normalized spacial score (nSPS) is 10.2. The maximum Gasteiger partial charge on any atom is 0.342 e. The van der Waals surface area contributed by atoms with Gasteiger partial charge in [-0.1, -0.05) is 35.3 Å². The molecule has 2 aromatic rings. The molecule has 0 saturated carbocycles. The first-order valence-electron chi connectivity index (χ1n) is 7.51. The van der Waals surface area contributed by atoms with Crippen LogP contribution >= 0.6 is 23.2 Å². The Morgan fingerprint density at radius 2 is 1.72 bits per heavy atom. The van der Waals surface area contributed by atoms with E-state index in [-0.39, 0.29) is 18.1 Å². The van der Waals surface area contributed by atoms with Crippen LogP contribution in [0, 0.1) is 0 Å². The number of ether oxygens (including phenoxy) is 2. The van der Waals surface area contributed by atoms with Crippen molar-refractivity contribution in [1.82, 2.24) is 5.32 Å². The standard InChI is InChI=1S/C18H17Cl2NO4/c1-24-16-10-14(20)6-7-15(16)18(23)25-11-17(22)21-9-8-12-2-4-13(19)5-3-12/h2-7,10H,8-9,11H2,1H3,(H,21,22). The Labute approximate surface area is 155 Å². The number of benzene rings is 2. The maximum absolute atomic E-state index is 12.0. The third-order valence-electron chi connectivity index (χ3n) is 3.37. The Hall–Kier alpha value is -2.24. The zero-order valence-electron chi connectivity index (χ0n) is 13.6. The van der Waals surface area contributed by atoms with E-state index in [9.17, 15) is 9.59 Å². The number of methoxy groups -OCH3 is 1. The first-order chi connectivity index (χ1) is 12.0. The molecule has 0 bridgehead atoms. The highest BCUT2D eigenvalue weighted by Gasteiger charge is 2.15. The lowest BCUT2D eigenvalue weighted by Crippen LogP contribution is -2.30. The maximum atomic E-state index is 12.0. The number of carbonyl (C=O) groups is 2. The number of hydrogen-bond donors (Lipinski definition) is 1. The summed E-state index contributed by atoms with van der Waals surface area (Å²) in [6, 6.07) is 11.9. The summed E-state index contributed by atoms with van der Waals surface area (Å²) >= 11 is 11.7. The number of hydrogen-bond acceptors (Lipinski definition) is 4. The molecule has 0 atom stereocenters. The molecular weight excluding hydrogens is 365 g/mol. The quantitative estimate of drug-likeness (QED) is 0.745. The lowest BCUT2D eigenvalue weighted by molar-refractivity contribution is -0.124. The third kappa shape index (κ3) is 5.96. The molecule has 1 N–H and O–H groups in total. The van der Waals surface area contributed by atoms with Gasteiger partial charge in [0.2, 0.25) is 0 Å². The number of rotatable bonds is 7. The SMILES string of the molecule is COc1cc(Cl)ccc1C(=O)OCC(=O)NCCc1ccc(Cl)cc1. The van der Waals surface area contributed by atoms with Crippen molar-refractivity contribution in [2.45, 2.75) is 6.42 Å². The molecule has 0 unspecified atom stereocenters. The number of amides is 1. The fraction of sp³-hybridized carbons (Fsp3) is 0.222. The molecule has 0 spiro atoms. The second-order valence-corrected chi connectivity index (χ2v) is 6.02. The van der Waals surface area contributed by atoms with E-state index in [1.54, 1.807) is 18.2 Å². The van der Waals surface area contributed by atoms with Crippen molar-refractivity contribution in [3.63, 3.8) is 0 Å². The highest BCUT2D eigenvalue weighted by Crippen LogP contribution is 2.23. The molecule has 0 saturated heterocycles. The first-order valence-corrected chi connectivity index (χ1v) is 8.27. The number of carbonyl (C=O) groups excluding carboxylic acids is 2. The minimum absolute atomic E-state index is 0.209. The van der Waals surface area contributed by atoms with Gasteiger partial charge in [-0.05, 0) is 42.3 Å². The Morgan fingerprint density at radius 1 is 1.04 bits per heavy atom. The minimum atomic E-state index is -0.652. The van der Waals surface area contributed by atoms with Crippen LogP contribution < -0.4 is 10.1 Å². The van der Waals surface area contributed by atoms with Crippen LogP contribution in [0.1, 0.15) is 15.9 Å². The molecule has 25 heavy (non-hydrogen) atoms. The average Bonchev–Trinajstić information content (AvgIpc) is 2.61. The van der Waals surface area contributed by atoms with Gasteiger partial charge in [0.15, 0.2) is 6.61 Å². The van der Waals surface area contributed by atoms with Crippen molar-refractivity contribution >= 4 is 35.1 Å². The van der Waals surface area contributed by atoms with Gasteiger partial charge in [-0.3, -0.25) is 4.79 Å². The summed E-state index contributed by atoms with van der Waals surface area (Å²) in [6.07, 6.45) is 0.655. The van der Waals surface area contributed by atoms with E-state index in [0.29, 0.717) is 28.8 Å². The van der Waals surface area contributed by atoms with Crippen molar-refractivity contribution in [3.8, 4) is 5.75 Å². The van der Waals surface area contributed by atoms with Gasteiger partial charge in [0.1, 0.15) is 11.3 Å². The van der Waals surface area contributed by atoms with E-state index in [1.807, 2.05) is 12.1 Å². The van der Waals surface area contributed by atoms with Crippen LogP contribution in [0.4, 0.5) is 0 Å². The topological polar surface area (TPSA) is 64.6 Å². The molecule has 7 heteroatoms. The van der Waals surface area contributed by atoms with Gasteiger partial charge >= 0.3 is 5.97 Å². The highest BCUT2D eigenvalue weighted by molar-refractivity contribution is 6.31. The van der Waals surface area contributed by atoms with Gasteiger partial charge in [-0.2, -0.15) is 0 Å². The van der Waals surface area contributed by atoms with E-state index >= 15 is 0 Å². The summed E-state index contributed by atoms with van der Waals surface area (Å²) in [6.45, 7) is 0.0630. The second kappa shape index (κ2) is 9.30. The molecule has 0 aromatic heterocycles. The average molecular weight is 382 g/mol. The third-order valence-corrected chi connectivity index (χ3v) is 3.85. The zero-order chi connectivity index (χ0) is 18.2. The van der Waals surface area contributed by atoms with Crippen LogP contribution in [0.15, 0.2) is 42.5 Å². The lowest BCUT2D eigenvalue weighted by atomic mass is 10.1. The summed E-state index contributed by atoms with van der Waals surface area (Å²) in [5.41, 5.74) is 1.26. The van der Waals surface area contributed by atoms with Crippen LogP contribution in [0.5, 0.6) is 5.75 Å². The van der Waals surface area contributed by atoms with E-state index in [0.717, 1.165) is 5.56 Å². The summed E-state index contributed by atoms with van der Waals surface area (Å²) in [7, 11) is 1.42. The van der Waals surface area contributed by atoms with Crippen LogP contribution in [0.25, 0.3) is 0 Å². The molecule has 0 heterocycles. The van der Waals surface area contributed by atoms with Gasteiger partial charge in [-0.15, -0.1) is 0 Å². The lowest BCUT2D eigenvalue weighted by Gasteiger charge is -2.09.